The lowest BCUT2D eigenvalue weighted by Crippen LogP contribution is -2.30. The van der Waals surface area contributed by atoms with Gasteiger partial charge in [0.05, 0.1) is 12.4 Å². The van der Waals surface area contributed by atoms with Crippen LogP contribution in [-0.2, 0) is 14.6 Å². The molecule has 5 heteroatoms. The zero-order valence-corrected chi connectivity index (χ0v) is 10.2. The third-order valence-electron chi connectivity index (χ3n) is 2.56. The molecular formula is C10H21NO3S. The molecule has 1 rings (SSSR count). The maximum absolute atomic E-state index is 10.8. The Hall–Kier alpha value is -0.130. The van der Waals surface area contributed by atoms with Gasteiger partial charge in [0.1, 0.15) is 9.84 Å². The second kappa shape index (κ2) is 6.45. The minimum absolute atomic E-state index is 0.279. The summed E-state index contributed by atoms with van der Waals surface area (Å²) in [6.07, 6.45) is 4.35. The summed E-state index contributed by atoms with van der Waals surface area (Å²) >= 11 is 0. The quantitative estimate of drug-likeness (QED) is 0.679. The smallest absolute Gasteiger partial charge is 0.147 e. The Labute approximate surface area is 92.3 Å². The monoisotopic (exact) mass is 235 g/mol. The fourth-order valence-corrected chi connectivity index (χ4v) is 2.40. The number of hydrogen-bond donors (Lipinski definition) is 1. The molecule has 1 heterocycles. The Morgan fingerprint density at radius 3 is 2.87 bits per heavy atom. The van der Waals surface area contributed by atoms with Gasteiger partial charge >= 0.3 is 0 Å². The lowest BCUT2D eigenvalue weighted by molar-refractivity contribution is 0.0549. The van der Waals surface area contributed by atoms with Crippen LogP contribution in [-0.4, -0.2) is 46.7 Å². The van der Waals surface area contributed by atoms with E-state index in [0.717, 1.165) is 32.7 Å². The predicted molar refractivity (Wildman–Crippen MR) is 60.7 cm³/mol. The Morgan fingerprint density at radius 2 is 2.27 bits per heavy atom. The summed E-state index contributed by atoms with van der Waals surface area (Å²) in [6.45, 7) is 3.47. The van der Waals surface area contributed by atoms with E-state index in [9.17, 15) is 8.42 Å². The lowest BCUT2D eigenvalue weighted by atomic mass is 10.0. The van der Waals surface area contributed by atoms with Crippen LogP contribution in [0.5, 0.6) is 0 Å². The molecule has 0 aromatic heterocycles. The molecule has 1 N–H and O–H groups in total. The van der Waals surface area contributed by atoms with E-state index in [2.05, 4.69) is 5.32 Å². The molecule has 1 aliphatic heterocycles. The highest BCUT2D eigenvalue weighted by Crippen LogP contribution is 2.11. The van der Waals surface area contributed by atoms with Crippen molar-refractivity contribution in [2.24, 2.45) is 5.92 Å². The second-order valence-electron chi connectivity index (χ2n) is 4.27. The summed E-state index contributed by atoms with van der Waals surface area (Å²) in [5.41, 5.74) is 0. The zero-order valence-electron chi connectivity index (χ0n) is 9.37. The fraction of sp³-hybridized carbons (Fsp3) is 1.00. The molecule has 0 radical (unpaired) electrons. The van der Waals surface area contributed by atoms with Crippen molar-refractivity contribution in [3.05, 3.63) is 0 Å². The first-order valence-corrected chi connectivity index (χ1v) is 7.60. The van der Waals surface area contributed by atoms with Gasteiger partial charge < -0.3 is 10.1 Å². The van der Waals surface area contributed by atoms with Gasteiger partial charge in [-0.2, -0.15) is 0 Å². The van der Waals surface area contributed by atoms with Crippen LogP contribution in [0.25, 0.3) is 0 Å². The van der Waals surface area contributed by atoms with E-state index in [1.807, 2.05) is 0 Å². The van der Waals surface area contributed by atoms with E-state index in [-0.39, 0.29) is 5.75 Å². The number of sulfone groups is 1. The topological polar surface area (TPSA) is 55.4 Å². The molecule has 0 bridgehead atoms. The van der Waals surface area contributed by atoms with E-state index in [4.69, 9.17) is 4.74 Å². The molecule has 4 nitrogen and oxygen atoms in total. The molecule has 0 spiro atoms. The van der Waals surface area contributed by atoms with Gasteiger partial charge in [-0.25, -0.2) is 8.42 Å². The minimum atomic E-state index is -2.79. The Balaban J connectivity index is 1.96. The molecule has 1 saturated heterocycles. The van der Waals surface area contributed by atoms with Crippen molar-refractivity contribution >= 4 is 9.84 Å². The van der Waals surface area contributed by atoms with Gasteiger partial charge in [0.2, 0.25) is 0 Å². The van der Waals surface area contributed by atoms with Crippen LogP contribution < -0.4 is 5.32 Å². The van der Waals surface area contributed by atoms with Crippen molar-refractivity contribution in [2.75, 3.05) is 38.3 Å². The van der Waals surface area contributed by atoms with Crippen LogP contribution in [0.2, 0.25) is 0 Å². The molecule has 1 fully saturated rings. The average Bonchev–Trinajstić information content (AvgIpc) is 2.17. The molecule has 90 valence electrons. The normalized spacial score (nSPS) is 22.9. The molecule has 0 aromatic carbocycles. The number of rotatable bonds is 6. The van der Waals surface area contributed by atoms with E-state index in [0.29, 0.717) is 12.3 Å². The van der Waals surface area contributed by atoms with Gasteiger partial charge in [-0.3, -0.25) is 0 Å². The fourth-order valence-electron chi connectivity index (χ4n) is 1.73. The van der Waals surface area contributed by atoms with Crippen LogP contribution in [0.1, 0.15) is 19.3 Å². The summed E-state index contributed by atoms with van der Waals surface area (Å²) in [7, 11) is -2.79. The molecule has 0 amide bonds. The van der Waals surface area contributed by atoms with Crippen molar-refractivity contribution in [2.45, 2.75) is 19.3 Å². The van der Waals surface area contributed by atoms with E-state index >= 15 is 0 Å². The van der Waals surface area contributed by atoms with Crippen molar-refractivity contribution in [3.8, 4) is 0 Å². The Bertz CT molecular complexity index is 258. The van der Waals surface area contributed by atoms with Gasteiger partial charge in [-0.1, -0.05) is 0 Å². The lowest BCUT2D eigenvalue weighted by Gasteiger charge is -2.22. The van der Waals surface area contributed by atoms with E-state index in [1.165, 1.54) is 12.7 Å². The summed E-state index contributed by atoms with van der Waals surface area (Å²) in [5, 5.41) is 3.28. The maximum atomic E-state index is 10.8. The van der Waals surface area contributed by atoms with Crippen LogP contribution in [0.15, 0.2) is 0 Å². The number of nitrogens with one attached hydrogen (secondary N) is 1. The Morgan fingerprint density at radius 1 is 1.47 bits per heavy atom. The van der Waals surface area contributed by atoms with Crippen molar-refractivity contribution in [1.29, 1.82) is 0 Å². The molecule has 15 heavy (non-hydrogen) atoms. The molecular weight excluding hydrogens is 214 g/mol. The molecule has 0 saturated carbocycles. The standard InChI is InChI=1S/C10H21NO3S/c1-15(12,13)7-3-5-11-8-10-4-2-6-14-9-10/h10-11H,2-9H2,1H3. The summed E-state index contributed by atoms with van der Waals surface area (Å²) < 4.78 is 27.1. The van der Waals surface area contributed by atoms with Crippen molar-refractivity contribution in [3.63, 3.8) is 0 Å². The minimum Gasteiger partial charge on any atom is -0.381 e. The third-order valence-corrected chi connectivity index (χ3v) is 3.59. The summed E-state index contributed by atoms with van der Waals surface area (Å²) in [5.74, 6) is 0.887. The first kappa shape index (κ1) is 12.9. The second-order valence-corrected chi connectivity index (χ2v) is 6.53. The van der Waals surface area contributed by atoms with Crippen LogP contribution in [0, 0.1) is 5.92 Å². The van der Waals surface area contributed by atoms with Crippen LogP contribution in [0.3, 0.4) is 0 Å². The summed E-state index contributed by atoms with van der Waals surface area (Å²) in [6, 6.07) is 0. The van der Waals surface area contributed by atoms with Crippen molar-refractivity contribution in [1.82, 2.24) is 5.32 Å². The van der Waals surface area contributed by atoms with Crippen LogP contribution >= 0.6 is 0 Å². The molecule has 0 aromatic rings. The Kier molecular flexibility index (Phi) is 5.56. The number of hydrogen-bond acceptors (Lipinski definition) is 4. The predicted octanol–water partition coefficient (Wildman–Crippen LogP) is 0.437. The van der Waals surface area contributed by atoms with Gasteiger partial charge in [-0.15, -0.1) is 0 Å². The van der Waals surface area contributed by atoms with Gasteiger partial charge in [-0.05, 0) is 31.7 Å². The third kappa shape index (κ3) is 6.87. The number of ether oxygens (including phenoxy) is 1. The SMILES string of the molecule is CS(=O)(=O)CCCNCC1CCCOC1. The average molecular weight is 235 g/mol. The molecule has 1 atom stereocenters. The van der Waals surface area contributed by atoms with E-state index in [1.54, 1.807) is 0 Å². The van der Waals surface area contributed by atoms with Gasteiger partial charge in [0, 0.05) is 19.4 Å². The molecule has 1 unspecified atom stereocenters. The van der Waals surface area contributed by atoms with Gasteiger partial charge in [0.15, 0.2) is 0 Å². The molecule has 1 aliphatic rings. The summed E-state index contributed by atoms with van der Waals surface area (Å²) in [4.78, 5) is 0. The van der Waals surface area contributed by atoms with Gasteiger partial charge in [0.25, 0.3) is 0 Å². The highest BCUT2D eigenvalue weighted by molar-refractivity contribution is 7.90. The highest BCUT2D eigenvalue weighted by atomic mass is 32.2. The first-order valence-electron chi connectivity index (χ1n) is 5.54. The highest BCUT2D eigenvalue weighted by Gasteiger charge is 2.12. The maximum Gasteiger partial charge on any atom is 0.147 e. The van der Waals surface area contributed by atoms with E-state index < -0.39 is 9.84 Å². The first-order chi connectivity index (χ1) is 7.08. The largest absolute Gasteiger partial charge is 0.381 e. The zero-order chi connectivity index (χ0) is 11.1. The van der Waals surface area contributed by atoms with Crippen LogP contribution in [0.4, 0.5) is 0 Å². The van der Waals surface area contributed by atoms with Crippen molar-refractivity contribution < 1.29 is 13.2 Å². The molecule has 0 aliphatic carbocycles.